The second-order valence-corrected chi connectivity index (χ2v) is 4.00. The third-order valence-corrected chi connectivity index (χ3v) is 2.57. The first-order valence-electron chi connectivity index (χ1n) is 4.38. The van der Waals surface area contributed by atoms with Gasteiger partial charge < -0.3 is 0 Å². The molecular formula is C12H7Cl2F. The van der Waals surface area contributed by atoms with Crippen molar-refractivity contribution in [2.75, 3.05) is 0 Å². The fourth-order valence-corrected chi connectivity index (χ4v) is 1.64. The van der Waals surface area contributed by atoms with E-state index in [0.29, 0.717) is 15.6 Å². The van der Waals surface area contributed by atoms with E-state index in [2.05, 4.69) is 0 Å². The van der Waals surface area contributed by atoms with E-state index in [0.717, 1.165) is 5.56 Å². The van der Waals surface area contributed by atoms with E-state index in [1.807, 2.05) is 0 Å². The van der Waals surface area contributed by atoms with E-state index < -0.39 is 0 Å². The van der Waals surface area contributed by atoms with Gasteiger partial charge in [0.1, 0.15) is 5.82 Å². The Kier molecular flexibility index (Phi) is 2.94. The Morgan fingerprint density at radius 1 is 0.800 bits per heavy atom. The third kappa shape index (κ3) is 2.31. The van der Waals surface area contributed by atoms with Crippen molar-refractivity contribution in [3.63, 3.8) is 0 Å². The highest BCUT2D eigenvalue weighted by Gasteiger charge is 2.04. The van der Waals surface area contributed by atoms with E-state index in [1.54, 1.807) is 36.4 Å². The van der Waals surface area contributed by atoms with Crippen LogP contribution in [0.25, 0.3) is 11.1 Å². The summed E-state index contributed by atoms with van der Waals surface area (Å²) in [7, 11) is 0. The van der Waals surface area contributed by atoms with Gasteiger partial charge in [0, 0.05) is 15.6 Å². The molecule has 2 aromatic rings. The van der Waals surface area contributed by atoms with Gasteiger partial charge in [0.05, 0.1) is 0 Å². The minimum absolute atomic E-state index is 0.329. The van der Waals surface area contributed by atoms with E-state index >= 15 is 0 Å². The largest absolute Gasteiger partial charge is 0.206 e. The molecule has 0 heterocycles. The quantitative estimate of drug-likeness (QED) is 0.672. The van der Waals surface area contributed by atoms with Crippen LogP contribution in [0.2, 0.25) is 10.0 Å². The highest BCUT2D eigenvalue weighted by atomic mass is 35.5. The molecule has 0 saturated heterocycles. The number of halogens is 3. The predicted molar refractivity (Wildman–Crippen MR) is 61.9 cm³/mol. The van der Waals surface area contributed by atoms with Gasteiger partial charge in [-0.3, -0.25) is 0 Å². The molecule has 0 amide bonds. The van der Waals surface area contributed by atoms with Crippen LogP contribution in [0, 0.1) is 5.82 Å². The second-order valence-electron chi connectivity index (χ2n) is 3.13. The minimum atomic E-state index is -0.329. The fraction of sp³-hybridized carbons (Fsp3) is 0. The van der Waals surface area contributed by atoms with Crippen LogP contribution in [0.1, 0.15) is 0 Å². The topological polar surface area (TPSA) is 0 Å². The van der Waals surface area contributed by atoms with Gasteiger partial charge in [-0.25, -0.2) is 4.39 Å². The van der Waals surface area contributed by atoms with Crippen molar-refractivity contribution in [3.05, 3.63) is 58.3 Å². The average molecular weight is 241 g/mol. The molecule has 0 aromatic heterocycles. The van der Waals surface area contributed by atoms with E-state index in [4.69, 9.17) is 23.2 Å². The van der Waals surface area contributed by atoms with Gasteiger partial charge in [-0.05, 0) is 35.9 Å². The van der Waals surface area contributed by atoms with Gasteiger partial charge in [-0.1, -0.05) is 35.3 Å². The van der Waals surface area contributed by atoms with Crippen molar-refractivity contribution in [1.29, 1.82) is 0 Å². The molecule has 2 rings (SSSR count). The average Bonchev–Trinajstić information content (AvgIpc) is 2.20. The summed E-state index contributed by atoms with van der Waals surface area (Å²) >= 11 is 11.4. The van der Waals surface area contributed by atoms with Gasteiger partial charge >= 0.3 is 0 Å². The van der Waals surface area contributed by atoms with Gasteiger partial charge in [-0.15, -0.1) is 0 Å². The summed E-state index contributed by atoms with van der Waals surface area (Å²) in [5.74, 6) is -0.329. The molecule has 0 fully saturated rings. The molecule has 0 saturated carbocycles. The van der Waals surface area contributed by atoms with Crippen LogP contribution in [0.15, 0.2) is 42.5 Å². The molecule has 76 valence electrons. The molecule has 0 aliphatic carbocycles. The molecule has 0 atom stereocenters. The summed E-state index contributed by atoms with van der Waals surface area (Å²) < 4.78 is 13.5. The number of hydrogen-bond acceptors (Lipinski definition) is 0. The van der Waals surface area contributed by atoms with E-state index in [1.165, 1.54) is 6.07 Å². The normalized spacial score (nSPS) is 10.3. The highest BCUT2D eigenvalue weighted by molar-refractivity contribution is 6.31. The van der Waals surface area contributed by atoms with Gasteiger partial charge in [0.2, 0.25) is 0 Å². The minimum Gasteiger partial charge on any atom is -0.206 e. The lowest BCUT2D eigenvalue weighted by Gasteiger charge is -2.03. The summed E-state index contributed by atoms with van der Waals surface area (Å²) in [5.41, 5.74) is 1.31. The molecule has 3 heteroatoms. The Morgan fingerprint density at radius 2 is 1.40 bits per heavy atom. The molecule has 2 aromatic carbocycles. The van der Waals surface area contributed by atoms with Crippen LogP contribution < -0.4 is 0 Å². The maximum absolute atomic E-state index is 13.5. The molecule has 0 nitrogen and oxygen atoms in total. The Bertz CT molecular complexity index is 477. The monoisotopic (exact) mass is 240 g/mol. The predicted octanol–water partition coefficient (Wildman–Crippen LogP) is 4.80. The molecule has 0 aliphatic heterocycles. The molecule has 0 N–H and O–H groups in total. The smallest absolute Gasteiger partial charge is 0.132 e. The van der Waals surface area contributed by atoms with E-state index in [9.17, 15) is 4.39 Å². The second kappa shape index (κ2) is 4.21. The molecule has 0 unspecified atom stereocenters. The number of hydrogen-bond donors (Lipinski definition) is 0. The zero-order valence-corrected chi connectivity index (χ0v) is 9.19. The maximum Gasteiger partial charge on any atom is 0.132 e. The first kappa shape index (κ1) is 10.5. The summed E-state index contributed by atoms with van der Waals surface area (Å²) in [5, 5.41) is 1.03. The Morgan fingerprint density at radius 3 is 2.00 bits per heavy atom. The summed E-state index contributed by atoms with van der Waals surface area (Å²) in [6.45, 7) is 0. The van der Waals surface area contributed by atoms with Gasteiger partial charge in [0.15, 0.2) is 0 Å². The first-order chi connectivity index (χ1) is 7.16. The Labute approximate surface area is 97.3 Å². The van der Waals surface area contributed by atoms with Crippen molar-refractivity contribution >= 4 is 23.2 Å². The van der Waals surface area contributed by atoms with Crippen molar-refractivity contribution in [3.8, 4) is 11.1 Å². The van der Waals surface area contributed by atoms with Crippen LogP contribution in [-0.2, 0) is 0 Å². The molecule has 0 bridgehead atoms. The molecular weight excluding hydrogens is 234 g/mol. The molecule has 0 spiro atoms. The maximum atomic E-state index is 13.5. The van der Waals surface area contributed by atoms with Gasteiger partial charge in [0.25, 0.3) is 0 Å². The standard InChI is InChI=1S/C12H7Cl2F/c13-9-3-1-8(2-4-9)11-6-5-10(14)7-12(11)15/h1-7H. The SMILES string of the molecule is Fc1cc(Cl)ccc1-c1ccc(Cl)cc1. The van der Waals surface area contributed by atoms with Crippen molar-refractivity contribution in [1.82, 2.24) is 0 Å². The summed E-state index contributed by atoms with van der Waals surface area (Å²) in [4.78, 5) is 0. The number of rotatable bonds is 1. The molecule has 0 radical (unpaired) electrons. The van der Waals surface area contributed by atoms with Crippen molar-refractivity contribution < 1.29 is 4.39 Å². The Balaban J connectivity index is 2.49. The van der Waals surface area contributed by atoms with Crippen molar-refractivity contribution in [2.45, 2.75) is 0 Å². The van der Waals surface area contributed by atoms with Crippen LogP contribution in [0.5, 0.6) is 0 Å². The van der Waals surface area contributed by atoms with Crippen LogP contribution in [0.4, 0.5) is 4.39 Å². The van der Waals surface area contributed by atoms with E-state index in [-0.39, 0.29) is 5.82 Å². The van der Waals surface area contributed by atoms with Gasteiger partial charge in [-0.2, -0.15) is 0 Å². The van der Waals surface area contributed by atoms with Crippen molar-refractivity contribution in [2.24, 2.45) is 0 Å². The summed E-state index contributed by atoms with van der Waals surface area (Å²) in [6, 6.07) is 11.6. The fourth-order valence-electron chi connectivity index (χ4n) is 1.35. The molecule has 15 heavy (non-hydrogen) atoms. The summed E-state index contributed by atoms with van der Waals surface area (Å²) in [6.07, 6.45) is 0. The lowest BCUT2D eigenvalue weighted by Crippen LogP contribution is -1.83. The van der Waals surface area contributed by atoms with Crippen LogP contribution in [0.3, 0.4) is 0 Å². The molecule has 0 aliphatic rings. The highest BCUT2D eigenvalue weighted by Crippen LogP contribution is 2.26. The lowest BCUT2D eigenvalue weighted by molar-refractivity contribution is 0.631. The Hall–Kier alpha value is -1.05. The lowest BCUT2D eigenvalue weighted by atomic mass is 10.1. The zero-order chi connectivity index (χ0) is 10.8. The van der Waals surface area contributed by atoms with Crippen LogP contribution >= 0.6 is 23.2 Å². The number of benzene rings is 2. The van der Waals surface area contributed by atoms with Crippen LogP contribution in [-0.4, -0.2) is 0 Å². The zero-order valence-electron chi connectivity index (χ0n) is 7.68. The third-order valence-electron chi connectivity index (χ3n) is 2.09. The first-order valence-corrected chi connectivity index (χ1v) is 5.13.